The molecule has 0 fully saturated rings. The third kappa shape index (κ3) is 3.45. The van der Waals surface area contributed by atoms with Gasteiger partial charge in [0, 0.05) is 12.7 Å². The summed E-state index contributed by atoms with van der Waals surface area (Å²) in [4.78, 5) is 8.37. The molecule has 0 aliphatic heterocycles. The molecular weight excluding hydrogens is 200 g/mol. The summed E-state index contributed by atoms with van der Waals surface area (Å²) in [6.07, 6.45) is 1.74. The van der Waals surface area contributed by atoms with Gasteiger partial charge in [0.05, 0.1) is 6.54 Å². The summed E-state index contributed by atoms with van der Waals surface area (Å²) < 4.78 is 0. The van der Waals surface area contributed by atoms with E-state index in [1.165, 1.54) is 0 Å². The quantitative estimate of drug-likeness (QED) is 0.800. The molecule has 4 heteroatoms. The topological polar surface area (TPSA) is 63.8 Å². The van der Waals surface area contributed by atoms with Gasteiger partial charge >= 0.3 is 0 Å². The van der Waals surface area contributed by atoms with Crippen LogP contribution in [0.4, 0.5) is 5.82 Å². The first kappa shape index (κ1) is 12.9. The molecule has 0 spiro atoms. The summed E-state index contributed by atoms with van der Waals surface area (Å²) in [6.45, 7) is 10.2. The van der Waals surface area contributed by atoms with Gasteiger partial charge in [0.2, 0.25) is 0 Å². The van der Waals surface area contributed by atoms with Gasteiger partial charge in [-0.05, 0) is 17.4 Å². The fourth-order valence-electron chi connectivity index (χ4n) is 1.12. The van der Waals surface area contributed by atoms with E-state index in [1.54, 1.807) is 6.20 Å². The molecule has 0 radical (unpaired) electrons. The third-order valence-electron chi connectivity index (χ3n) is 3.18. The van der Waals surface area contributed by atoms with Crippen molar-refractivity contribution >= 4 is 5.82 Å². The van der Waals surface area contributed by atoms with Crippen molar-refractivity contribution in [3.05, 3.63) is 18.1 Å². The lowest BCUT2D eigenvalue weighted by Crippen LogP contribution is -2.28. The standard InChI is InChI=1S/C12H22N4/c1-9(2)12(3,4)8-15-10-5-6-14-11(7-13)16-10/h5-6,9H,7-8,13H2,1-4H3,(H,14,15,16). The zero-order chi connectivity index (χ0) is 12.2. The van der Waals surface area contributed by atoms with E-state index < -0.39 is 0 Å². The Morgan fingerprint density at radius 2 is 2.12 bits per heavy atom. The first-order valence-electron chi connectivity index (χ1n) is 5.71. The highest BCUT2D eigenvalue weighted by Crippen LogP contribution is 2.25. The predicted molar refractivity (Wildman–Crippen MR) is 67.0 cm³/mol. The van der Waals surface area contributed by atoms with E-state index in [0.29, 0.717) is 18.3 Å². The number of hydrogen-bond acceptors (Lipinski definition) is 4. The molecule has 0 aliphatic carbocycles. The Hall–Kier alpha value is -1.16. The van der Waals surface area contributed by atoms with E-state index in [4.69, 9.17) is 5.73 Å². The van der Waals surface area contributed by atoms with Crippen molar-refractivity contribution in [2.45, 2.75) is 34.2 Å². The molecule has 0 aliphatic rings. The minimum Gasteiger partial charge on any atom is -0.369 e. The Morgan fingerprint density at radius 3 is 2.69 bits per heavy atom. The van der Waals surface area contributed by atoms with E-state index in [1.807, 2.05) is 6.07 Å². The Morgan fingerprint density at radius 1 is 1.44 bits per heavy atom. The minimum absolute atomic E-state index is 0.244. The SMILES string of the molecule is CC(C)C(C)(C)CNc1ccnc(CN)n1. The van der Waals surface area contributed by atoms with Crippen LogP contribution >= 0.6 is 0 Å². The van der Waals surface area contributed by atoms with Crippen LogP contribution in [0.5, 0.6) is 0 Å². The lowest BCUT2D eigenvalue weighted by atomic mass is 9.81. The van der Waals surface area contributed by atoms with Crippen LogP contribution in [0.1, 0.15) is 33.5 Å². The Bertz CT molecular complexity index is 334. The molecule has 1 aromatic heterocycles. The molecule has 90 valence electrons. The number of rotatable bonds is 5. The number of nitrogens with zero attached hydrogens (tertiary/aromatic N) is 2. The highest BCUT2D eigenvalue weighted by molar-refractivity contribution is 5.33. The summed E-state index contributed by atoms with van der Waals surface area (Å²) in [7, 11) is 0. The van der Waals surface area contributed by atoms with Gasteiger partial charge in [0.25, 0.3) is 0 Å². The first-order valence-corrected chi connectivity index (χ1v) is 5.71. The van der Waals surface area contributed by atoms with Crippen LogP contribution < -0.4 is 11.1 Å². The number of nitrogens with one attached hydrogen (secondary N) is 1. The second-order valence-corrected chi connectivity index (χ2v) is 5.06. The molecule has 0 saturated heterocycles. The molecule has 1 heterocycles. The Kier molecular flexibility index (Phi) is 4.24. The van der Waals surface area contributed by atoms with Crippen molar-refractivity contribution in [3.63, 3.8) is 0 Å². The number of hydrogen-bond donors (Lipinski definition) is 2. The molecule has 3 N–H and O–H groups in total. The molecule has 1 aromatic rings. The maximum absolute atomic E-state index is 5.50. The highest BCUT2D eigenvalue weighted by atomic mass is 15.0. The lowest BCUT2D eigenvalue weighted by molar-refractivity contribution is 0.269. The summed E-state index contributed by atoms with van der Waals surface area (Å²) >= 11 is 0. The molecule has 0 unspecified atom stereocenters. The largest absolute Gasteiger partial charge is 0.369 e. The first-order chi connectivity index (χ1) is 7.45. The van der Waals surface area contributed by atoms with E-state index >= 15 is 0 Å². The molecule has 0 saturated carbocycles. The molecule has 1 rings (SSSR count). The predicted octanol–water partition coefficient (Wildman–Crippen LogP) is 2.03. The average Bonchev–Trinajstić information content (AvgIpc) is 2.26. The van der Waals surface area contributed by atoms with Crippen LogP contribution in [0, 0.1) is 11.3 Å². The fraction of sp³-hybridized carbons (Fsp3) is 0.667. The second-order valence-electron chi connectivity index (χ2n) is 5.06. The average molecular weight is 222 g/mol. The van der Waals surface area contributed by atoms with Crippen LogP contribution in [0.2, 0.25) is 0 Å². The van der Waals surface area contributed by atoms with Gasteiger partial charge in [-0.15, -0.1) is 0 Å². The Balaban J connectivity index is 2.60. The third-order valence-corrected chi connectivity index (χ3v) is 3.18. The number of anilines is 1. The van der Waals surface area contributed by atoms with E-state index in [9.17, 15) is 0 Å². The monoisotopic (exact) mass is 222 g/mol. The van der Waals surface area contributed by atoms with E-state index in [0.717, 1.165) is 12.4 Å². The van der Waals surface area contributed by atoms with E-state index in [-0.39, 0.29) is 5.41 Å². The molecular formula is C12H22N4. The molecule has 0 atom stereocenters. The van der Waals surface area contributed by atoms with Crippen LogP contribution in [0.3, 0.4) is 0 Å². The van der Waals surface area contributed by atoms with Crippen LogP contribution in [0.25, 0.3) is 0 Å². The van der Waals surface area contributed by atoms with Crippen LogP contribution in [-0.2, 0) is 6.54 Å². The van der Waals surface area contributed by atoms with Gasteiger partial charge in [0.1, 0.15) is 11.6 Å². The molecule has 0 aromatic carbocycles. The smallest absolute Gasteiger partial charge is 0.144 e. The number of nitrogens with two attached hydrogens (primary N) is 1. The van der Waals surface area contributed by atoms with Crippen molar-refractivity contribution in [1.82, 2.24) is 9.97 Å². The summed E-state index contributed by atoms with van der Waals surface area (Å²) in [5.74, 6) is 2.15. The van der Waals surface area contributed by atoms with Gasteiger partial charge in [-0.2, -0.15) is 0 Å². The maximum atomic E-state index is 5.50. The maximum Gasteiger partial charge on any atom is 0.144 e. The summed E-state index contributed by atoms with van der Waals surface area (Å²) in [5, 5.41) is 3.33. The fourth-order valence-corrected chi connectivity index (χ4v) is 1.12. The van der Waals surface area contributed by atoms with E-state index in [2.05, 4.69) is 43.0 Å². The van der Waals surface area contributed by atoms with Crippen molar-refractivity contribution < 1.29 is 0 Å². The van der Waals surface area contributed by atoms with Crippen LogP contribution in [0.15, 0.2) is 12.3 Å². The van der Waals surface area contributed by atoms with Crippen molar-refractivity contribution in [2.24, 2.45) is 17.1 Å². The van der Waals surface area contributed by atoms with Gasteiger partial charge in [-0.25, -0.2) is 9.97 Å². The number of aromatic nitrogens is 2. The molecule has 4 nitrogen and oxygen atoms in total. The van der Waals surface area contributed by atoms with Gasteiger partial charge in [-0.3, -0.25) is 0 Å². The van der Waals surface area contributed by atoms with Crippen molar-refractivity contribution in [2.75, 3.05) is 11.9 Å². The zero-order valence-electron chi connectivity index (χ0n) is 10.6. The normalized spacial score (nSPS) is 11.9. The zero-order valence-corrected chi connectivity index (χ0v) is 10.6. The lowest BCUT2D eigenvalue weighted by Gasteiger charge is -2.29. The van der Waals surface area contributed by atoms with Gasteiger partial charge < -0.3 is 11.1 Å². The van der Waals surface area contributed by atoms with Crippen LogP contribution in [-0.4, -0.2) is 16.5 Å². The van der Waals surface area contributed by atoms with Crippen molar-refractivity contribution in [1.29, 1.82) is 0 Å². The molecule has 16 heavy (non-hydrogen) atoms. The molecule has 0 amide bonds. The second kappa shape index (κ2) is 5.25. The molecule has 0 bridgehead atoms. The summed E-state index contributed by atoms with van der Waals surface area (Å²) in [5.41, 5.74) is 5.74. The van der Waals surface area contributed by atoms with Gasteiger partial charge in [0.15, 0.2) is 0 Å². The highest BCUT2D eigenvalue weighted by Gasteiger charge is 2.21. The Labute approximate surface area is 97.7 Å². The van der Waals surface area contributed by atoms with Gasteiger partial charge in [-0.1, -0.05) is 27.7 Å². The summed E-state index contributed by atoms with van der Waals surface area (Å²) in [6, 6.07) is 1.87. The van der Waals surface area contributed by atoms with Crippen molar-refractivity contribution in [3.8, 4) is 0 Å². The minimum atomic E-state index is 0.244.